The van der Waals surface area contributed by atoms with Gasteiger partial charge in [-0.05, 0) is 23.8 Å². The van der Waals surface area contributed by atoms with Crippen LogP contribution in [0.5, 0.6) is 0 Å². The van der Waals surface area contributed by atoms with Gasteiger partial charge in [-0.2, -0.15) is 0 Å². The van der Waals surface area contributed by atoms with E-state index in [9.17, 15) is 17.3 Å². The van der Waals surface area contributed by atoms with E-state index in [0.29, 0.717) is 0 Å². The Morgan fingerprint density at radius 2 is 0.829 bits per heavy atom. The van der Waals surface area contributed by atoms with Crippen molar-refractivity contribution in [2.45, 2.75) is 0 Å². The first-order valence-electron chi connectivity index (χ1n) is 9.66. The van der Waals surface area contributed by atoms with Gasteiger partial charge in [0.1, 0.15) is 0 Å². The molecular weight excluding hydrogens is 693 g/mol. The Labute approximate surface area is 228 Å². The number of benzene rings is 3. The summed E-state index contributed by atoms with van der Waals surface area (Å²) in [5, 5.41) is 4.39. The fourth-order valence-electron chi connectivity index (χ4n) is 2.50. The minimum absolute atomic E-state index is 0. The van der Waals surface area contributed by atoms with Crippen LogP contribution < -0.4 is 15.9 Å². The maximum Gasteiger partial charge on any atom is 0.00506 e. The molecule has 35 heavy (non-hydrogen) atoms. The Morgan fingerprint density at radius 1 is 0.600 bits per heavy atom. The van der Waals surface area contributed by atoms with Crippen molar-refractivity contribution >= 4 is 54.3 Å². The molecular formula is C24H22BCl2F4NOPRe. The summed E-state index contributed by atoms with van der Waals surface area (Å²) in [5.74, 6) is 0. The molecule has 4 rings (SSSR count). The van der Waals surface area contributed by atoms with E-state index in [1.54, 1.807) is 0 Å². The van der Waals surface area contributed by atoms with E-state index >= 15 is 0 Å². The van der Waals surface area contributed by atoms with E-state index in [1.807, 2.05) is 30.7 Å². The Bertz CT molecular complexity index is 857. The average Bonchev–Trinajstić information content (AvgIpc) is 3.43. The molecule has 0 atom stereocenters. The second-order valence-corrected chi connectivity index (χ2v) is 8.93. The number of hydrogen-bond donors (Lipinski definition) is 0. The smallest absolute Gasteiger partial charge is 0.00506 e. The topological polar surface area (TPSA) is 43.7 Å². The monoisotopic (exact) mass is 715 g/mol. The molecule has 0 heterocycles. The number of halogens is 6. The molecule has 2 radical (unpaired) electrons. The molecule has 2 nitrogen and oxygen atoms in total. The van der Waals surface area contributed by atoms with Crippen LogP contribution in [0.1, 0.15) is 0 Å². The van der Waals surface area contributed by atoms with Crippen molar-refractivity contribution < 1.29 is 42.5 Å². The van der Waals surface area contributed by atoms with E-state index in [0.717, 1.165) is 0 Å². The Balaban J connectivity index is 0. The van der Waals surface area contributed by atoms with E-state index in [2.05, 4.69) is 91.0 Å². The quantitative estimate of drug-likeness (QED) is 0.0919. The number of alkyl halides is 2. The number of allylic oxidation sites excluding steroid dienone is 4. The minimum Gasteiger partial charge on any atom is -0.0767 e. The van der Waals surface area contributed by atoms with Gasteiger partial charge in [0.15, 0.2) is 0 Å². The predicted octanol–water partition coefficient (Wildman–Crippen LogP) is 7.38. The summed E-state index contributed by atoms with van der Waals surface area (Å²) in [4.78, 5) is 0. The molecule has 0 fully saturated rings. The van der Waals surface area contributed by atoms with Gasteiger partial charge in [0.2, 0.25) is 0 Å². The van der Waals surface area contributed by atoms with Gasteiger partial charge < -0.3 is 17.3 Å². The maximum atomic E-state index is 9.75. The van der Waals surface area contributed by atoms with Gasteiger partial charge in [0.25, 0.3) is 0 Å². The van der Waals surface area contributed by atoms with Crippen LogP contribution >= 0.6 is 31.1 Å². The van der Waals surface area contributed by atoms with Crippen molar-refractivity contribution in [1.82, 2.24) is 0 Å². The largest absolute Gasteiger partial charge is 0.0767 e. The van der Waals surface area contributed by atoms with E-state index in [1.165, 1.54) is 15.9 Å². The third kappa shape index (κ3) is 19.2. The molecule has 0 bridgehead atoms. The van der Waals surface area contributed by atoms with Crippen molar-refractivity contribution in [1.29, 1.82) is 5.46 Å². The van der Waals surface area contributed by atoms with Crippen LogP contribution in [0.4, 0.5) is 17.3 Å². The molecule has 0 aromatic heterocycles. The minimum atomic E-state index is -6.00. The summed E-state index contributed by atoms with van der Waals surface area (Å²) in [7, 11) is -6.45. The van der Waals surface area contributed by atoms with Crippen molar-refractivity contribution in [2.24, 2.45) is 0 Å². The summed E-state index contributed by atoms with van der Waals surface area (Å²) >= 11 is 9.53. The van der Waals surface area contributed by atoms with Crippen LogP contribution in [-0.4, -0.2) is 12.6 Å². The average molecular weight is 715 g/mol. The first-order chi connectivity index (χ1) is 16.4. The Morgan fingerprint density at radius 3 is 1.00 bits per heavy atom. The zero-order chi connectivity index (χ0) is 25.7. The molecule has 0 saturated carbocycles. The van der Waals surface area contributed by atoms with Crippen molar-refractivity contribution in [3.05, 3.63) is 122 Å². The summed E-state index contributed by atoms with van der Waals surface area (Å²) in [5.41, 5.74) is 5.75. The van der Waals surface area contributed by atoms with Crippen molar-refractivity contribution in [3.63, 3.8) is 0 Å². The molecule has 3 aromatic rings. The normalized spacial score (nSPS) is 10.5. The van der Waals surface area contributed by atoms with Gasteiger partial charge >= 0.3 is 17.5 Å². The number of rotatable bonds is 3. The molecule has 0 saturated heterocycles. The molecule has 0 aliphatic heterocycles. The van der Waals surface area contributed by atoms with Gasteiger partial charge in [-0.3, -0.25) is 0 Å². The molecule has 186 valence electrons. The van der Waals surface area contributed by atoms with Crippen molar-refractivity contribution in [2.75, 3.05) is 5.34 Å². The zero-order valence-corrected chi connectivity index (χ0v) is 23.4. The van der Waals surface area contributed by atoms with E-state index in [4.69, 9.17) is 33.4 Å². The van der Waals surface area contributed by atoms with Gasteiger partial charge in [-0.1, -0.05) is 115 Å². The summed E-state index contributed by atoms with van der Waals surface area (Å²) in [6.07, 6.45) is 10.0. The third-order valence-corrected chi connectivity index (χ3v) is 6.04. The number of nitrogens with zero attached hydrogens (tertiary/aromatic N) is 1. The molecule has 0 amide bonds. The Kier molecular flexibility index (Phi) is 23.0. The summed E-state index contributed by atoms with van der Waals surface area (Å²) in [6.45, 7) is 0. The van der Waals surface area contributed by atoms with Gasteiger partial charge in [0.05, 0.1) is 5.34 Å². The van der Waals surface area contributed by atoms with E-state index < -0.39 is 15.2 Å². The second-order valence-electron chi connectivity index (χ2n) is 5.90. The van der Waals surface area contributed by atoms with Crippen LogP contribution in [0.3, 0.4) is 0 Å². The van der Waals surface area contributed by atoms with Crippen LogP contribution in [0.2, 0.25) is 0 Å². The van der Waals surface area contributed by atoms with Gasteiger partial charge in [0, 0.05) is 26.8 Å². The van der Waals surface area contributed by atoms with Crippen LogP contribution in [0.25, 0.3) is 0 Å². The number of hydrogen-bond acceptors (Lipinski definition) is 1. The SMILES string of the molecule is ClCCl.F[B-](F)(F)F.N#[O+].[CH]1C=CC=C1.[Re].c1ccc(P(c2ccccc2)c2ccccc2)cc1. The molecule has 1 aliphatic carbocycles. The van der Waals surface area contributed by atoms with Crippen LogP contribution in [-0.2, 0) is 25.2 Å². The molecule has 0 unspecified atom stereocenters. The first kappa shape index (κ1) is 35.4. The molecule has 1 aliphatic rings. The van der Waals surface area contributed by atoms with Crippen LogP contribution in [0, 0.1) is 11.9 Å². The van der Waals surface area contributed by atoms with Gasteiger partial charge in [-0.15, -0.1) is 23.2 Å². The Hall–Kier alpha value is -1.73. The maximum absolute atomic E-state index is 9.75. The van der Waals surface area contributed by atoms with Gasteiger partial charge in [-0.25, -0.2) is 0 Å². The van der Waals surface area contributed by atoms with E-state index in [-0.39, 0.29) is 25.8 Å². The zero-order valence-electron chi connectivity index (χ0n) is 18.3. The summed E-state index contributed by atoms with van der Waals surface area (Å²) in [6, 6.07) is 32.3. The summed E-state index contributed by atoms with van der Waals surface area (Å²) < 4.78 is 46.2. The fraction of sp³-hybridized carbons (Fsp3) is 0.0417. The third-order valence-electron chi connectivity index (χ3n) is 3.60. The second kappa shape index (κ2) is 22.7. The molecule has 3 aromatic carbocycles. The molecule has 0 N–H and O–H groups in total. The first-order valence-corrected chi connectivity index (χ1v) is 12.1. The molecule has 0 spiro atoms. The van der Waals surface area contributed by atoms with Crippen LogP contribution in [0.15, 0.2) is 115 Å². The van der Waals surface area contributed by atoms with Crippen molar-refractivity contribution in [3.8, 4) is 0 Å². The fourth-order valence-corrected chi connectivity index (χ4v) is 4.80. The predicted molar refractivity (Wildman–Crippen MR) is 137 cm³/mol. The molecule has 11 heteroatoms. The standard InChI is InChI=1S/C18H15P.C5H5.CH2Cl2.BF4.NO.Re/c1-4-10-16(11-5-1)19(17-12-6-2-7-13-17)18-14-8-3-9-15-18;1-2-4-5-3-1;2-1-3;2-1(3,4)5;1-2;/h1-15H;1-5H;1H2;;;/q;;;-1;+1;.